The maximum atomic E-state index is 10.5. The Morgan fingerprint density at radius 3 is 2.23 bits per heavy atom. The van der Waals surface area contributed by atoms with Crippen molar-refractivity contribution in [2.75, 3.05) is 0 Å². The fraction of sp³-hybridized carbons (Fsp3) is 0.105. The molecule has 2 nitrogen and oxygen atoms in total. The number of hydrogen-bond acceptors (Lipinski definition) is 2. The normalized spacial score (nSPS) is 9.73. The van der Waals surface area contributed by atoms with E-state index in [0.29, 0.717) is 5.56 Å². The molecule has 1 heterocycles. The van der Waals surface area contributed by atoms with Gasteiger partial charge in [0, 0.05) is 4.88 Å². The van der Waals surface area contributed by atoms with Crippen LogP contribution in [-0.4, -0.2) is 11.1 Å². The minimum atomic E-state index is -0.859. The maximum Gasteiger partial charge on any atom is 0.335 e. The zero-order valence-corrected chi connectivity index (χ0v) is 13.4. The van der Waals surface area contributed by atoms with Crippen molar-refractivity contribution >= 4 is 17.3 Å². The van der Waals surface area contributed by atoms with E-state index >= 15 is 0 Å². The zero-order valence-electron chi connectivity index (χ0n) is 12.6. The van der Waals surface area contributed by atoms with E-state index in [1.807, 2.05) is 19.1 Å². The minimum absolute atomic E-state index is 0.385. The Kier molecular flexibility index (Phi) is 5.50. The number of benzene rings is 2. The quantitative estimate of drug-likeness (QED) is 0.686. The first-order chi connectivity index (χ1) is 10.6. The van der Waals surface area contributed by atoms with Crippen LogP contribution < -0.4 is 0 Å². The summed E-state index contributed by atoms with van der Waals surface area (Å²) in [5, 5.41) is 10.8. The lowest BCUT2D eigenvalue weighted by Crippen LogP contribution is -1.99. The van der Waals surface area contributed by atoms with Crippen LogP contribution in [-0.2, 0) is 0 Å². The summed E-state index contributed by atoms with van der Waals surface area (Å²) in [5.74, 6) is -0.859. The zero-order chi connectivity index (χ0) is 15.9. The van der Waals surface area contributed by atoms with E-state index in [1.54, 1.807) is 30.4 Å². The monoisotopic (exact) mass is 310 g/mol. The molecule has 0 saturated carbocycles. The second kappa shape index (κ2) is 7.57. The van der Waals surface area contributed by atoms with Gasteiger partial charge in [0.1, 0.15) is 0 Å². The molecule has 2 aromatic carbocycles. The lowest BCUT2D eigenvalue weighted by molar-refractivity contribution is 0.0696. The standard InChI is InChI=1S/C10H8S.C9H10O2/c1-2-5-9(6-3-1)10-7-4-8-11-10;1-6-3-4-8(9(10)11)7(2)5-6/h1-8H;3-5H,1-2H3,(H,10,11). The van der Waals surface area contributed by atoms with Gasteiger partial charge in [-0.2, -0.15) is 0 Å². The van der Waals surface area contributed by atoms with Gasteiger partial charge in [0.2, 0.25) is 0 Å². The van der Waals surface area contributed by atoms with Crippen molar-refractivity contribution in [1.82, 2.24) is 0 Å². The van der Waals surface area contributed by atoms with Crippen LogP contribution in [0.25, 0.3) is 10.4 Å². The van der Waals surface area contributed by atoms with Crippen molar-refractivity contribution in [2.45, 2.75) is 13.8 Å². The van der Waals surface area contributed by atoms with E-state index in [2.05, 4.69) is 41.8 Å². The molecule has 0 saturated heterocycles. The van der Waals surface area contributed by atoms with Gasteiger partial charge in [-0.15, -0.1) is 11.3 Å². The Morgan fingerprint density at radius 1 is 0.955 bits per heavy atom. The van der Waals surface area contributed by atoms with Crippen molar-refractivity contribution in [3.05, 3.63) is 82.7 Å². The SMILES string of the molecule is Cc1ccc(C(=O)O)c(C)c1.c1ccc(-c2cccs2)cc1. The number of hydrogen-bond donors (Lipinski definition) is 1. The third kappa shape index (κ3) is 4.30. The highest BCUT2D eigenvalue weighted by atomic mass is 32.1. The molecule has 0 unspecified atom stereocenters. The Morgan fingerprint density at radius 2 is 1.68 bits per heavy atom. The molecule has 3 rings (SSSR count). The van der Waals surface area contributed by atoms with E-state index in [1.165, 1.54) is 10.4 Å². The number of aromatic carboxylic acids is 1. The Labute approximate surface area is 134 Å². The van der Waals surface area contributed by atoms with Gasteiger partial charge in [0.15, 0.2) is 0 Å². The van der Waals surface area contributed by atoms with Crippen molar-refractivity contribution < 1.29 is 9.90 Å². The number of rotatable bonds is 2. The van der Waals surface area contributed by atoms with Gasteiger partial charge < -0.3 is 5.11 Å². The van der Waals surface area contributed by atoms with Crippen LogP contribution in [0.2, 0.25) is 0 Å². The van der Waals surface area contributed by atoms with Gasteiger partial charge in [-0.1, -0.05) is 54.1 Å². The van der Waals surface area contributed by atoms with E-state index in [9.17, 15) is 4.79 Å². The first-order valence-electron chi connectivity index (χ1n) is 6.97. The van der Waals surface area contributed by atoms with Crippen molar-refractivity contribution in [3.8, 4) is 10.4 Å². The molecule has 0 aliphatic heterocycles. The molecule has 0 atom stereocenters. The highest BCUT2D eigenvalue weighted by molar-refractivity contribution is 7.13. The highest BCUT2D eigenvalue weighted by Gasteiger charge is 2.04. The number of carboxylic acids is 1. The third-order valence-corrected chi connectivity index (χ3v) is 4.11. The van der Waals surface area contributed by atoms with Crippen LogP contribution in [0.15, 0.2) is 66.0 Å². The lowest BCUT2D eigenvalue weighted by atomic mass is 10.1. The molecule has 0 aliphatic carbocycles. The summed E-state index contributed by atoms with van der Waals surface area (Å²) < 4.78 is 0. The van der Waals surface area contributed by atoms with Crippen LogP contribution in [0.5, 0.6) is 0 Å². The molecule has 3 aromatic rings. The van der Waals surface area contributed by atoms with Gasteiger partial charge in [0.05, 0.1) is 5.56 Å². The van der Waals surface area contributed by atoms with Crippen molar-refractivity contribution in [3.63, 3.8) is 0 Å². The smallest absolute Gasteiger partial charge is 0.335 e. The Balaban J connectivity index is 0.000000160. The van der Waals surface area contributed by atoms with Gasteiger partial charge in [-0.05, 0) is 42.5 Å². The summed E-state index contributed by atoms with van der Waals surface area (Å²) >= 11 is 1.78. The topological polar surface area (TPSA) is 37.3 Å². The van der Waals surface area contributed by atoms with E-state index < -0.39 is 5.97 Å². The second-order valence-electron chi connectivity index (χ2n) is 4.97. The Hall–Kier alpha value is -2.39. The first kappa shape index (κ1) is 16.0. The number of carboxylic acid groups (broad SMARTS) is 1. The molecule has 0 bridgehead atoms. The Bertz CT molecular complexity index is 731. The van der Waals surface area contributed by atoms with Crippen LogP contribution in [0.1, 0.15) is 21.5 Å². The first-order valence-corrected chi connectivity index (χ1v) is 7.85. The van der Waals surface area contributed by atoms with Crippen LogP contribution >= 0.6 is 11.3 Å². The summed E-state index contributed by atoms with van der Waals surface area (Å²) in [6.07, 6.45) is 0. The molecular formula is C19H18O2S. The van der Waals surface area contributed by atoms with Gasteiger partial charge >= 0.3 is 5.97 Å². The van der Waals surface area contributed by atoms with Crippen molar-refractivity contribution in [1.29, 1.82) is 0 Å². The number of thiophene rings is 1. The maximum absolute atomic E-state index is 10.5. The van der Waals surface area contributed by atoms with E-state index in [4.69, 9.17) is 5.11 Å². The molecule has 0 spiro atoms. The summed E-state index contributed by atoms with van der Waals surface area (Å²) in [5.41, 5.74) is 3.60. The fourth-order valence-electron chi connectivity index (χ4n) is 2.10. The van der Waals surface area contributed by atoms with Crippen LogP contribution in [0, 0.1) is 13.8 Å². The average Bonchev–Trinajstić information content (AvgIpc) is 3.02. The van der Waals surface area contributed by atoms with Crippen LogP contribution in [0.3, 0.4) is 0 Å². The second-order valence-corrected chi connectivity index (χ2v) is 5.91. The molecule has 112 valence electrons. The fourth-order valence-corrected chi connectivity index (χ4v) is 2.83. The summed E-state index contributed by atoms with van der Waals surface area (Å²) in [6.45, 7) is 3.75. The largest absolute Gasteiger partial charge is 0.478 e. The average molecular weight is 310 g/mol. The number of carbonyl (C=O) groups is 1. The molecule has 1 N–H and O–H groups in total. The lowest BCUT2D eigenvalue weighted by Gasteiger charge is -2.00. The molecule has 0 fully saturated rings. The van der Waals surface area contributed by atoms with Gasteiger partial charge in [-0.25, -0.2) is 4.79 Å². The third-order valence-electron chi connectivity index (χ3n) is 3.19. The molecule has 1 aromatic heterocycles. The van der Waals surface area contributed by atoms with E-state index in [-0.39, 0.29) is 0 Å². The number of aryl methyl sites for hydroxylation is 2. The molecule has 0 aliphatic rings. The molecule has 0 radical (unpaired) electrons. The molecular weight excluding hydrogens is 292 g/mol. The summed E-state index contributed by atoms with van der Waals surface area (Å²) in [6, 6.07) is 19.9. The molecule has 22 heavy (non-hydrogen) atoms. The van der Waals surface area contributed by atoms with Gasteiger partial charge in [0.25, 0.3) is 0 Å². The minimum Gasteiger partial charge on any atom is -0.478 e. The predicted molar refractivity (Wildman–Crippen MR) is 92.6 cm³/mol. The van der Waals surface area contributed by atoms with E-state index in [0.717, 1.165) is 11.1 Å². The predicted octanol–water partition coefficient (Wildman–Crippen LogP) is 5.42. The van der Waals surface area contributed by atoms with Crippen molar-refractivity contribution in [2.24, 2.45) is 0 Å². The molecule has 3 heteroatoms. The highest BCUT2D eigenvalue weighted by Crippen LogP contribution is 2.23. The van der Waals surface area contributed by atoms with Gasteiger partial charge in [-0.3, -0.25) is 0 Å². The summed E-state index contributed by atoms with van der Waals surface area (Å²) in [7, 11) is 0. The summed E-state index contributed by atoms with van der Waals surface area (Å²) in [4.78, 5) is 11.9. The van der Waals surface area contributed by atoms with Crippen LogP contribution in [0.4, 0.5) is 0 Å². The molecule has 0 amide bonds.